The highest BCUT2D eigenvalue weighted by atomic mass is 79.9. The van der Waals surface area contributed by atoms with Gasteiger partial charge in [0.2, 0.25) is 0 Å². The van der Waals surface area contributed by atoms with Crippen LogP contribution in [0.15, 0.2) is 28.9 Å². The van der Waals surface area contributed by atoms with E-state index in [4.69, 9.17) is 9.47 Å². The Labute approximate surface area is 163 Å². The van der Waals surface area contributed by atoms with E-state index in [2.05, 4.69) is 39.8 Å². The van der Waals surface area contributed by atoms with Crippen molar-refractivity contribution in [2.45, 2.75) is 26.7 Å². The Morgan fingerprint density at radius 1 is 1.27 bits per heavy atom. The second-order valence-electron chi connectivity index (χ2n) is 6.72. The standard InChI is InChI=1S/C18H25BrF2N2O2S/c1-5-13-11-22-23(12-24-8-9-26(2,3)4)17(13)15-10-14(19)6-7-16(15)25-18(20)21/h6-7,10-11,18H,5,8-9,12H2,1-4H3. The van der Waals surface area contributed by atoms with Gasteiger partial charge in [0.05, 0.1) is 18.5 Å². The summed E-state index contributed by atoms with van der Waals surface area (Å²) in [4.78, 5) is 0. The van der Waals surface area contributed by atoms with E-state index in [1.807, 2.05) is 6.92 Å². The Kier molecular flexibility index (Phi) is 7.49. The highest BCUT2D eigenvalue weighted by Gasteiger charge is 2.19. The fraction of sp³-hybridized carbons (Fsp3) is 0.500. The molecule has 2 aromatic rings. The molecule has 0 saturated heterocycles. The zero-order valence-electron chi connectivity index (χ0n) is 15.5. The number of ether oxygens (including phenoxy) is 2. The van der Waals surface area contributed by atoms with E-state index in [1.54, 1.807) is 23.0 Å². The molecule has 0 aliphatic carbocycles. The molecule has 1 heterocycles. The van der Waals surface area contributed by atoms with Crippen molar-refractivity contribution in [2.24, 2.45) is 0 Å². The molecule has 0 saturated carbocycles. The van der Waals surface area contributed by atoms with Crippen LogP contribution >= 0.6 is 26.0 Å². The predicted molar refractivity (Wildman–Crippen MR) is 108 cm³/mol. The molecule has 26 heavy (non-hydrogen) atoms. The maximum Gasteiger partial charge on any atom is 0.387 e. The number of halogens is 3. The fourth-order valence-electron chi connectivity index (χ4n) is 2.44. The number of aromatic nitrogens is 2. The number of aryl methyl sites for hydroxylation is 1. The molecule has 0 aliphatic rings. The van der Waals surface area contributed by atoms with E-state index in [0.29, 0.717) is 12.2 Å². The molecule has 2 rings (SSSR count). The Hall–Kier alpha value is -1.12. The van der Waals surface area contributed by atoms with Crippen molar-refractivity contribution in [2.75, 3.05) is 31.1 Å². The van der Waals surface area contributed by atoms with Crippen LogP contribution < -0.4 is 4.74 Å². The third-order valence-electron chi connectivity index (χ3n) is 3.76. The number of nitrogens with zero attached hydrogens (tertiary/aromatic N) is 2. The first kappa shape index (κ1) is 21.2. The van der Waals surface area contributed by atoms with Crippen LogP contribution in [0.4, 0.5) is 8.78 Å². The van der Waals surface area contributed by atoms with E-state index in [1.165, 1.54) is 6.07 Å². The van der Waals surface area contributed by atoms with Gasteiger partial charge < -0.3 is 9.47 Å². The lowest BCUT2D eigenvalue weighted by Gasteiger charge is -2.24. The van der Waals surface area contributed by atoms with Crippen LogP contribution in [0.3, 0.4) is 0 Å². The first-order valence-electron chi connectivity index (χ1n) is 8.24. The van der Waals surface area contributed by atoms with Crippen LogP contribution in [0.25, 0.3) is 11.3 Å². The molecule has 0 amide bonds. The second-order valence-corrected chi connectivity index (χ2v) is 12.2. The summed E-state index contributed by atoms with van der Waals surface area (Å²) in [6.45, 7) is 0.0203. The van der Waals surface area contributed by atoms with Crippen molar-refractivity contribution in [1.82, 2.24) is 9.78 Å². The molecule has 0 atom stereocenters. The summed E-state index contributed by atoms with van der Waals surface area (Å²) in [6, 6.07) is 4.98. The monoisotopic (exact) mass is 450 g/mol. The molecular weight excluding hydrogens is 426 g/mol. The lowest BCUT2D eigenvalue weighted by Crippen LogP contribution is -2.12. The molecule has 0 fully saturated rings. The SMILES string of the molecule is CCc1cnn(COCCS(C)(C)C)c1-c1cc(Br)ccc1OC(F)F. The van der Waals surface area contributed by atoms with Gasteiger partial charge in [0.15, 0.2) is 0 Å². The van der Waals surface area contributed by atoms with Crippen LogP contribution in [0.5, 0.6) is 5.75 Å². The Balaban J connectivity index is 2.31. The molecule has 1 aromatic carbocycles. The van der Waals surface area contributed by atoms with Gasteiger partial charge in [0.1, 0.15) is 12.5 Å². The van der Waals surface area contributed by atoms with Gasteiger partial charge in [-0.05, 0) is 49.0 Å². The molecule has 4 nitrogen and oxygen atoms in total. The average Bonchev–Trinajstić information content (AvgIpc) is 2.94. The molecule has 1 aromatic heterocycles. The minimum atomic E-state index is -2.89. The summed E-state index contributed by atoms with van der Waals surface area (Å²) in [5.74, 6) is 1.12. The van der Waals surface area contributed by atoms with Crippen LogP contribution in [-0.2, 0) is 17.9 Å². The second kappa shape index (κ2) is 9.19. The summed E-state index contributed by atoms with van der Waals surface area (Å²) in [7, 11) is -0.630. The fourth-order valence-corrected chi connectivity index (χ4v) is 3.42. The van der Waals surface area contributed by atoms with Gasteiger partial charge in [-0.25, -0.2) is 14.7 Å². The van der Waals surface area contributed by atoms with Crippen molar-refractivity contribution >= 4 is 26.0 Å². The van der Waals surface area contributed by atoms with Crippen LogP contribution in [0.1, 0.15) is 12.5 Å². The van der Waals surface area contributed by atoms with E-state index < -0.39 is 16.6 Å². The molecule has 8 heteroatoms. The lowest BCUT2D eigenvalue weighted by atomic mass is 10.1. The summed E-state index contributed by atoms with van der Waals surface area (Å²) < 4.78 is 38.6. The Morgan fingerprint density at radius 2 is 2.00 bits per heavy atom. The van der Waals surface area contributed by atoms with Crippen molar-refractivity contribution in [1.29, 1.82) is 0 Å². The minimum absolute atomic E-state index is 0.124. The van der Waals surface area contributed by atoms with Crippen LogP contribution in [0, 0.1) is 0 Å². The van der Waals surface area contributed by atoms with E-state index in [-0.39, 0.29) is 12.5 Å². The normalized spacial score (nSPS) is 12.6. The highest BCUT2D eigenvalue weighted by Crippen LogP contribution is 2.36. The van der Waals surface area contributed by atoms with Gasteiger partial charge in [-0.1, -0.05) is 22.9 Å². The van der Waals surface area contributed by atoms with E-state index >= 15 is 0 Å². The number of hydrogen-bond acceptors (Lipinski definition) is 3. The molecule has 0 radical (unpaired) electrons. The summed E-state index contributed by atoms with van der Waals surface area (Å²) in [5, 5.41) is 4.39. The number of alkyl halides is 2. The van der Waals surface area contributed by atoms with Gasteiger partial charge in [-0.2, -0.15) is 13.9 Å². The van der Waals surface area contributed by atoms with Gasteiger partial charge in [-0.3, -0.25) is 0 Å². The molecular formula is C18H25BrF2N2O2S. The molecule has 146 valence electrons. The maximum absolute atomic E-state index is 12.8. The summed E-state index contributed by atoms with van der Waals surface area (Å²) in [6.07, 6.45) is 9.18. The first-order chi connectivity index (χ1) is 12.2. The smallest absolute Gasteiger partial charge is 0.387 e. The topological polar surface area (TPSA) is 36.3 Å². The molecule has 0 unspecified atom stereocenters. The highest BCUT2D eigenvalue weighted by molar-refractivity contribution is 9.10. The molecule has 0 spiro atoms. The van der Waals surface area contributed by atoms with E-state index in [9.17, 15) is 8.78 Å². The summed E-state index contributed by atoms with van der Waals surface area (Å²) in [5.41, 5.74) is 2.26. The number of rotatable bonds is 9. The average molecular weight is 451 g/mol. The maximum atomic E-state index is 12.8. The van der Waals surface area contributed by atoms with Gasteiger partial charge in [0, 0.05) is 15.8 Å². The zero-order chi connectivity index (χ0) is 19.3. The minimum Gasteiger partial charge on any atom is -0.434 e. The van der Waals surface area contributed by atoms with Gasteiger partial charge >= 0.3 is 6.61 Å². The quantitative estimate of drug-likeness (QED) is 0.495. The number of benzene rings is 1. The predicted octanol–water partition coefficient (Wildman–Crippen LogP) is 5.14. The van der Waals surface area contributed by atoms with Gasteiger partial charge in [0.25, 0.3) is 0 Å². The van der Waals surface area contributed by atoms with Crippen LogP contribution in [0.2, 0.25) is 0 Å². The van der Waals surface area contributed by atoms with Gasteiger partial charge in [-0.15, -0.1) is 0 Å². The zero-order valence-corrected chi connectivity index (χ0v) is 17.9. The molecule has 0 N–H and O–H groups in total. The van der Waals surface area contributed by atoms with Crippen molar-refractivity contribution in [3.05, 3.63) is 34.4 Å². The Bertz CT molecular complexity index is 732. The lowest BCUT2D eigenvalue weighted by molar-refractivity contribution is -0.0495. The van der Waals surface area contributed by atoms with Crippen molar-refractivity contribution < 1.29 is 18.3 Å². The van der Waals surface area contributed by atoms with Crippen molar-refractivity contribution in [3.8, 4) is 17.0 Å². The van der Waals surface area contributed by atoms with Crippen LogP contribution in [-0.4, -0.2) is 47.5 Å². The summed E-state index contributed by atoms with van der Waals surface area (Å²) >= 11 is 3.40. The van der Waals surface area contributed by atoms with E-state index in [0.717, 1.165) is 27.9 Å². The molecule has 0 bridgehead atoms. The molecule has 0 aliphatic heterocycles. The first-order valence-corrected chi connectivity index (χ1v) is 12.1. The third-order valence-corrected chi connectivity index (χ3v) is 5.65. The van der Waals surface area contributed by atoms with Crippen molar-refractivity contribution in [3.63, 3.8) is 0 Å². The Morgan fingerprint density at radius 3 is 2.62 bits per heavy atom. The number of hydrogen-bond donors (Lipinski definition) is 0. The largest absolute Gasteiger partial charge is 0.434 e. The third kappa shape index (κ3) is 5.96.